The molecule has 0 aliphatic carbocycles. The van der Waals surface area contributed by atoms with E-state index in [9.17, 15) is 23.2 Å². The van der Waals surface area contributed by atoms with Crippen molar-refractivity contribution in [3.05, 3.63) is 64.7 Å². The minimum absolute atomic E-state index is 0.0358. The molecule has 3 amide bonds. The summed E-state index contributed by atoms with van der Waals surface area (Å²) in [5.41, 5.74) is 2.25. The van der Waals surface area contributed by atoms with E-state index < -0.39 is 23.6 Å². The maximum Gasteiger partial charge on any atom is 0.254 e. The van der Waals surface area contributed by atoms with Crippen LogP contribution < -0.4 is 5.32 Å². The fraction of sp³-hybridized carbons (Fsp3) is 0.348. The molecule has 0 saturated carbocycles. The number of hydrogen-bond donors (Lipinski definition) is 1. The Morgan fingerprint density at radius 3 is 2.45 bits per heavy atom. The summed E-state index contributed by atoms with van der Waals surface area (Å²) in [6, 6.07) is 7.56. The van der Waals surface area contributed by atoms with Gasteiger partial charge in [-0.1, -0.05) is 13.0 Å². The van der Waals surface area contributed by atoms with Gasteiger partial charge >= 0.3 is 0 Å². The molecule has 2 aromatic rings. The van der Waals surface area contributed by atoms with Crippen molar-refractivity contribution in [3.8, 4) is 0 Å². The van der Waals surface area contributed by atoms with Crippen LogP contribution in [0.4, 0.5) is 14.5 Å². The van der Waals surface area contributed by atoms with Crippen molar-refractivity contribution < 1.29 is 23.2 Å². The van der Waals surface area contributed by atoms with Crippen molar-refractivity contribution in [2.45, 2.75) is 38.8 Å². The lowest BCUT2D eigenvalue weighted by Gasteiger charge is -2.37. The standard InChI is InChI=1S/C23H25F2N3O3/c1-4-5-21(29)26-17-8-6-14-12-20(23(31)27(2)3)28(13-16(14)10-17)22(30)15-7-9-18(24)19(25)11-15/h6-11,20H,4-5,12-13H2,1-3H3,(H,26,29)/t20-/m1/s1. The zero-order valence-corrected chi connectivity index (χ0v) is 17.7. The average molecular weight is 429 g/mol. The highest BCUT2D eigenvalue weighted by molar-refractivity contribution is 5.98. The van der Waals surface area contributed by atoms with Crippen LogP contribution in [0.1, 0.15) is 41.3 Å². The number of halogens is 2. The van der Waals surface area contributed by atoms with Crippen molar-refractivity contribution in [2.75, 3.05) is 19.4 Å². The van der Waals surface area contributed by atoms with Gasteiger partial charge in [-0.15, -0.1) is 0 Å². The summed E-state index contributed by atoms with van der Waals surface area (Å²) in [6.07, 6.45) is 1.41. The topological polar surface area (TPSA) is 69.7 Å². The Morgan fingerprint density at radius 2 is 1.81 bits per heavy atom. The number of carbonyl (C=O) groups is 3. The van der Waals surface area contributed by atoms with Crippen molar-refractivity contribution in [1.82, 2.24) is 9.80 Å². The van der Waals surface area contributed by atoms with Gasteiger partial charge in [-0.2, -0.15) is 0 Å². The summed E-state index contributed by atoms with van der Waals surface area (Å²) in [5, 5.41) is 2.83. The van der Waals surface area contributed by atoms with Crippen LogP contribution in [0, 0.1) is 11.6 Å². The fourth-order valence-corrected chi connectivity index (χ4v) is 3.64. The monoisotopic (exact) mass is 429 g/mol. The Balaban J connectivity index is 1.95. The zero-order valence-electron chi connectivity index (χ0n) is 17.7. The second kappa shape index (κ2) is 9.24. The summed E-state index contributed by atoms with van der Waals surface area (Å²) in [6.45, 7) is 2.02. The highest BCUT2D eigenvalue weighted by atomic mass is 19.2. The van der Waals surface area contributed by atoms with E-state index in [1.807, 2.05) is 13.0 Å². The van der Waals surface area contributed by atoms with Gasteiger partial charge in [0.05, 0.1) is 0 Å². The second-order valence-electron chi connectivity index (χ2n) is 7.80. The number of likely N-dealkylation sites (N-methyl/N-ethyl adjacent to an activating group) is 1. The van der Waals surface area contributed by atoms with E-state index in [2.05, 4.69) is 5.32 Å². The molecular formula is C23H25F2N3O3. The molecule has 1 N–H and O–H groups in total. The van der Waals surface area contributed by atoms with Gasteiger partial charge in [-0.3, -0.25) is 14.4 Å². The van der Waals surface area contributed by atoms with Gasteiger partial charge in [0.2, 0.25) is 11.8 Å². The summed E-state index contributed by atoms with van der Waals surface area (Å²) in [5.74, 6) is -3.10. The number of fused-ring (bicyclic) bond motifs is 1. The van der Waals surface area contributed by atoms with Crippen LogP contribution in [0.5, 0.6) is 0 Å². The quantitative estimate of drug-likeness (QED) is 0.793. The Labute approximate surface area is 179 Å². The smallest absolute Gasteiger partial charge is 0.254 e. The molecule has 0 radical (unpaired) electrons. The van der Waals surface area contributed by atoms with Crippen LogP contribution in [-0.2, 0) is 22.6 Å². The van der Waals surface area contributed by atoms with Crippen molar-refractivity contribution in [3.63, 3.8) is 0 Å². The zero-order chi connectivity index (χ0) is 22.7. The van der Waals surface area contributed by atoms with Crippen LogP contribution in [0.15, 0.2) is 36.4 Å². The number of nitrogens with one attached hydrogen (secondary N) is 1. The number of carbonyl (C=O) groups excluding carboxylic acids is 3. The lowest BCUT2D eigenvalue weighted by molar-refractivity contribution is -0.134. The van der Waals surface area contributed by atoms with Gasteiger partial charge < -0.3 is 15.1 Å². The Bertz CT molecular complexity index is 1020. The second-order valence-corrected chi connectivity index (χ2v) is 7.80. The van der Waals surface area contributed by atoms with Crippen LogP contribution in [-0.4, -0.2) is 47.7 Å². The third kappa shape index (κ3) is 4.90. The molecule has 3 rings (SSSR count). The summed E-state index contributed by atoms with van der Waals surface area (Å²) in [7, 11) is 3.20. The molecule has 8 heteroatoms. The Morgan fingerprint density at radius 1 is 1.06 bits per heavy atom. The molecule has 164 valence electrons. The molecule has 1 aliphatic rings. The molecule has 0 fully saturated rings. The van der Waals surface area contributed by atoms with Crippen LogP contribution in [0.2, 0.25) is 0 Å². The Hall–Kier alpha value is -3.29. The van der Waals surface area contributed by atoms with E-state index in [0.29, 0.717) is 12.1 Å². The van der Waals surface area contributed by atoms with Gasteiger partial charge in [0.25, 0.3) is 5.91 Å². The molecule has 0 aromatic heterocycles. The van der Waals surface area contributed by atoms with E-state index in [4.69, 9.17) is 0 Å². The number of rotatable bonds is 5. The molecule has 1 aliphatic heterocycles. The van der Waals surface area contributed by atoms with Gasteiger partial charge in [0, 0.05) is 44.7 Å². The summed E-state index contributed by atoms with van der Waals surface area (Å²) >= 11 is 0. The number of anilines is 1. The third-order valence-electron chi connectivity index (χ3n) is 5.25. The van der Waals surface area contributed by atoms with Gasteiger partial charge in [0.15, 0.2) is 11.6 Å². The molecule has 2 aromatic carbocycles. The van der Waals surface area contributed by atoms with Crippen LogP contribution in [0.3, 0.4) is 0 Å². The molecular weight excluding hydrogens is 404 g/mol. The van der Waals surface area contributed by atoms with Crippen molar-refractivity contribution in [1.29, 1.82) is 0 Å². The first-order valence-electron chi connectivity index (χ1n) is 10.1. The average Bonchev–Trinajstić information content (AvgIpc) is 2.73. The van der Waals surface area contributed by atoms with E-state index >= 15 is 0 Å². The molecule has 0 unspecified atom stereocenters. The number of hydrogen-bond acceptors (Lipinski definition) is 3. The molecule has 1 atom stereocenters. The minimum Gasteiger partial charge on any atom is -0.347 e. The molecule has 6 nitrogen and oxygen atoms in total. The normalized spacial score (nSPS) is 15.3. The highest BCUT2D eigenvalue weighted by Gasteiger charge is 2.36. The summed E-state index contributed by atoms with van der Waals surface area (Å²) in [4.78, 5) is 40.7. The SMILES string of the molecule is CCCC(=O)Nc1ccc2c(c1)CN(C(=O)c1ccc(F)c(F)c1)[C@@H](C(=O)N(C)C)C2. The number of nitrogens with zero attached hydrogens (tertiary/aromatic N) is 2. The maximum absolute atomic E-state index is 13.7. The van der Waals surface area contributed by atoms with Crippen LogP contribution >= 0.6 is 0 Å². The molecule has 0 spiro atoms. The molecule has 1 heterocycles. The molecule has 31 heavy (non-hydrogen) atoms. The molecule has 0 bridgehead atoms. The lowest BCUT2D eigenvalue weighted by atomic mass is 9.92. The first kappa shape index (κ1) is 22.4. The first-order valence-corrected chi connectivity index (χ1v) is 10.1. The van der Waals surface area contributed by atoms with E-state index in [1.165, 1.54) is 15.9 Å². The summed E-state index contributed by atoms with van der Waals surface area (Å²) < 4.78 is 27.0. The lowest BCUT2D eigenvalue weighted by Crippen LogP contribution is -2.52. The first-order chi connectivity index (χ1) is 14.7. The van der Waals surface area contributed by atoms with Crippen LogP contribution in [0.25, 0.3) is 0 Å². The third-order valence-corrected chi connectivity index (χ3v) is 5.25. The number of amides is 3. The Kier molecular flexibility index (Phi) is 6.68. The van der Waals surface area contributed by atoms with Gasteiger partial charge in [-0.25, -0.2) is 8.78 Å². The van der Waals surface area contributed by atoms with E-state index in [1.54, 1.807) is 26.2 Å². The van der Waals surface area contributed by atoms with Crippen molar-refractivity contribution >= 4 is 23.4 Å². The van der Waals surface area contributed by atoms with E-state index in [0.717, 1.165) is 29.7 Å². The van der Waals surface area contributed by atoms with Gasteiger partial charge in [-0.05, 0) is 47.9 Å². The minimum atomic E-state index is -1.13. The molecule has 0 saturated heterocycles. The predicted octanol–water partition coefficient (Wildman–Crippen LogP) is 3.36. The maximum atomic E-state index is 13.7. The van der Waals surface area contributed by atoms with Crippen molar-refractivity contribution in [2.24, 2.45) is 0 Å². The highest BCUT2D eigenvalue weighted by Crippen LogP contribution is 2.28. The fourth-order valence-electron chi connectivity index (χ4n) is 3.64. The largest absolute Gasteiger partial charge is 0.347 e. The van der Waals surface area contributed by atoms with Gasteiger partial charge in [0.1, 0.15) is 6.04 Å². The van der Waals surface area contributed by atoms with E-state index in [-0.39, 0.29) is 30.3 Å². The number of benzene rings is 2. The predicted molar refractivity (Wildman–Crippen MR) is 112 cm³/mol.